The van der Waals surface area contributed by atoms with Crippen LogP contribution in [0.2, 0.25) is 0 Å². The van der Waals surface area contributed by atoms with Crippen molar-refractivity contribution in [3.8, 4) is 5.75 Å². The molecule has 118 valence electrons. The Labute approximate surface area is 131 Å². The van der Waals surface area contributed by atoms with Gasteiger partial charge in [0.25, 0.3) is 5.91 Å². The van der Waals surface area contributed by atoms with Crippen molar-refractivity contribution in [3.05, 3.63) is 29.8 Å². The van der Waals surface area contributed by atoms with Gasteiger partial charge in [0.05, 0.1) is 0 Å². The second kappa shape index (κ2) is 6.95. The summed E-state index contributed by atoms with van der Waals surface area (Å²) in [6, 6.07) is 7.16. The average Bonchev–Trinajstić information content (AvgIpc) is 3.38. The van der Waals surface area contributed by atoms with E-state index in [1.54, 1.807) is 24.3 Å². The second-order valence-corrected chi connectivity index (χ2v) is 6.26. The number of hydrogen-bond donors (Lipinski definition) is 0. The normalized spacial score (nSPS) is 18.6. The van der Waals surface area contributed by atoms with Gasteiger partial charge in [-0.3, -0.25) is 9.59 Å². The smallest absolute Gasteiger partial charge is 0.253 e. The van der Waals surface area contributed by atoms with Gasteiger partial charge in [-0.1, -0.05) is 12.8 Å². The maximum atomic E-state index is 12.5. The van der Waals surface area contributed by atoms with Gasteiger partial charge in [-0.2, -0.15) is 0 Å². The lowest BCUT2D eigenvalue weighted by Crippen LogP contribution is -2.31. The van der Waals surface area contributed by atoms with Crippen molar-refractivity contribution >= 4 is 11.7 Å². The van der Waals surface area contributed by atoms with Crippen LogP contribution < -0.4 is 4.74 Å². The van der Waals surface area contributed by atoms with Crippen LogP contribution in [-0.2, 0) is 4.79 Å². The topological polar surface area (TPSA) is 46.6 Å². The molecular weight excluding hydrogens is 278 g/mol. The number of Topliss-reactive ketones (excluding diaryl/α,β-unsaturated/α-hetero) is 1. The highest BCUT2D eigenvalue weighted by atomic mass is 16.5. The average molecular weight is 301 g/mol. The first kappa shape index (κ1) is 15.1. The summed E-state index contributed by atoms with van der Waals surface area (Å²) in [4.78, 5) is 26.0. The fourth-order valence-electron chi connectivity index (χ4n) is 2.83. The largest absolute Gasteiger partial charge is 0.486 e. The molecule has 22 heavy (non-hydrogen) atoms. The molecule has 0 atom stereocenters. The van der Waals surface area contributed by atoms with E-state index in [-0.39, 0.29) is 24.2 Å². The van der Waals surface area contributed by atoms with Crippen LogP contribution in [0.4, 0.5) is 0 Å². The van der Waals surface area contributed by atoms with Crippen LogP contribution in [0.5, 0.6) is 5.75 Å². The number of rotatable bonds is 5. The molecule has 2 aliphatic rings. The zero-order chi connectivity index (χ0) is 15.4. The highest BCUT2D eigenvalue weighted by Gasteiger charge is 2.29. The van der Waals surface area contributed by atoms with E-state index in [0.717, 1.165) is 38.8 Å². The Hall–Kier alpha value is -1.84. The van der Waals surface area contributed by atoms with Crippen molar-refractivity contribution in [2.75, 3.05) is 19.7 Å². The highest BCUT2D eigenvalue weighted by molar-refractivity contribution is 5.94. The Morgan fingerprint density at radius 3 is 2.23 bits per heavy atom. The molecule has 2 fully saturated rings. The van der Waals surface area contributed by atoms with Crippen LogP contribution in [0.1, 0.15) is 48.9 Å². The number of ether oxygens (including phenoxy) is 1. The molecule has 1 aliphatic carbocycles. The quantitative estimate of drug-likeness (QED) is 0.839. The number of hydrogen-bond acceptors (Lipinski definition) is 3. The van der Waals surface area contributed by atoms with Crippen LogP contribution >= 0.6 is 0 Å². The lowest BCUT2D eigenvalue weighted by Gasteiger charge is -2.20. The molecule has 0 N–H and O–H groups in total. The first-order valence-electron chi connectivity index (χ1n) is 8.29. The third kappa shape index (κ3) is 3.87. The minimum Gasteiger partial charge on any atom is -0.486 e. The summed E-state index contributed by atoms with van der Waals surface area (Å²) >= 11 is 0. The number of carbonyl (C=O) groups is 2. The molecular formula is C18H23NO3. The number of likely N-dealkylation sites (tertiary alicyclic amines) is 1. The molecule has 1 saturated heterocycles. The summed E-state index contributed by atoms with van der Waals surface area (Å²) in [6.45, 7) is 1.85. The van der Waals surface area contributed by atoms with Crippen molar-refractivity contribution in [1.82, 2.24) is 4.90 Å². The predicted octanol–water partition coefficient (Wildman–Crippen LogP) is 3.06. The standard InChI is InChI=1S/C18H23NO3/c20-17(14-5-6-14)13-22-16-9-7-15(8-10-16)18(21)19-11-3-1-2-4-12-19/h7-10,14H,1-6,11-13H2. The number of amides is 1. The first-order valence-corrected chi connectivity index (χ1v) is 8.29. The van der Waals surface area contributed by atoms with Gasteiger partial charge >= 0.3 is 0 Å². The Morgan fingerprint density at radius 1 is 1.00 bits per heavy atom. The molecule has 1 aromatic rings. The molecule has 1 saturated carbocycles. The number of benzene rings is 1. The molecule has 0 unspecified atom stereocenters. The van der Waals surface area contributed by atoms with E-state index < -0.39 is 0 Å². The predicted molar refractivity (Wildman–Crippen MR) is 84.0 cm³/mol. The van der Waals surface area contributed by atoms with Crippen molar-refractivity contribution < 1.29 is 14.3 Å². The molecule has 0 spiro atoms. The third-order valence-corrected chi connectivity index (χ3v) is 4.41. The van der Waals surface area contributed by atoms with Crippen LogP contribution in [0.25, 0.3) is 0 Å². The van der Waals surface area contributed by atoms with Crippen molar-refractivity contribution in [1.29, 1.82) is 0 Å². The van der Waals surface area contributed by atoms with E-state index in [2.05, 4.69) is 0 Å². The zero-order valence-electron chi connectivity index (χ0n) is 12.9. The molecule has 1 amide bonds. The molecule has 1 aliphatic heterocycles. The SMILES string of the molecule is O=C(COc1ccc(C(=O)N2CCCCCC2)cc1)C1CC1. The summed E-state index contributed by atoms with van der Waals surface area (Å²) in [5.41, 5.74) is 0.697. The lowest BCUT2D eigenvalue weighted by molar-refractivity contribution is -0.122. The highest BCUT2D eigenvalue weighted by Crippen LogP contribution is 2.30. The number of carbonyl (C=O) groups excluding carboxylic acids is 2. The van der Waals surface area contributed by atoms with Gasteiger partial charge in [0, 0.05) is 24.6 Å². The molecule has 4 nitrogen and oxygen atoms in total. The van der Waals surface area contributed by atoms with E-state index >= 15 is 0 Å². The van der Waals surface area contributed by atoms with Gasteiger partial charge in [-0.05, 0) is 49.9 Å². The minimum absolute atomic E-state index is 0.0995. The summed E-state index contributed by atoms with van der Waals surface area (Å²) in [7, 11) is 0. The Kier molecular flexibility index (Phi) is 4.76. The second-order valence-electron chi connectivity index (χ2n) is 6.26. The van der Waals surface area contributed by atoms with E-state index in [1.165, 1.54) is 12.8 Å². The van der Waals surface area contributed by atoms with Crippen molar-refractivity contribution in [2.45, 2.75) is 38.5 Å². The van der Waals surface area contributed by atoms with Crippen LogP contribution in [0.3, 0.4) is 0 Å². The molecule has 0 radical (unpaired) electrons. The summed E-state index contributed by atoms with van der Waals surface area (Å²) in [6.07, 6.45) is 6.63. The summed E-state index contributed by atoms with van der Waals surface area (Å²) in [5.74, 6) is 1.16. The Balaban J connectivity index is 1.55. The fraction of sp³-hybridized carbons (Fsp3) is 0.556. The van der Waals surface area contributed by atoms with E-state index in [0.29, 0.717) is 11.3 Å². The third-order valence-electron chi connectivity index (χ3n) is 4.41. The van der Waals surface area contributed by atoms with Crippen LogP contribution in [0.15, 0.2) is 24.3 Å². The van der Waals surface area contributed by atoms with E-state index in [4.69, 9.17) is 4.74 Å². The van der Waals surface area contributed by atoms with Gasteiger partial charge in [-0.15, -0.1) is 0 Å². The minimum atomic E-state index is 0.0995. The lowest BCUT2D eigenvalue weighted by atomic mass is 10.2. The van der Waals surface area contributed by atoms with Crippen LogP contribution in [0, 0.1) is 5.92 Å². The Bertz CT molecular complexity index is 526. The maximum Gasteiger partial charge on any atom is 0.253 e. The van der Waals surface area contributed by atoms with Crippen molar-refractivity contribution in [3.63, 3.8) is 0 Å². The first-order chi connectivity index (χ1) is 10.7. The molecule has 0 bridgehead atoms. The molecule has 0 aromatic heterocycles. The van der Waals surface area contributed by atoms with Gasteiger partial charge < -0.3 is 9.64 Å². The van der Waals surface area contributed by atoms with E-state index in [9.17, 15) is 9.59 Å². The van der Waals surface area contributed by atoms with Crippen LogP contribution in [-0.4, -0.2) is 36.3 Å². The summed E-state index contributed by atoms with van der Waals surface area (Å²) < 4.78 is 5.49. The van der Waals surface area contributed by atoms with Gasteiger partial charge in [0.1, 0.15) is 12.4 Å². The van der Waals surface area contributed by atoms with E-state index in [1.807, 2.05) is 4.90 Å². The Morgan fingerprint density at radius 2 is 1.64 bits per heavy atom. The summed E-state index contributed by atoms with van der Waals surface area (Å²) in [5, 5.41) is 0. The fourth-order valence-corrected chi connectivity index (χ4v) is 2.83. The molecule has 3 rings (SSSR count). The number of nitrogens with zero attached hydrogens (tertiary/aromatic N) is 1. The van der Waals surface area contributed by atoms with Gasteiger partial charge in [-0.25, -0.2) is 0 Å². The molecule has 1 heterocycles. The number of ketones is 1. The molecule has 1 aromatic carbocycles. The van der Waals surface area contributed by atoms with Gasteiger partial charge in [0.15, 0.2) is 5.78 Å². The monoisotopic (exact) mass is 301 g/mol. The van der Waals surface area contributed by atoms with Crippen molar-refractivity contribution in [2.24, 2.45) is 5.92 Å². The van der Waals surface area contributed by atoms with Gasteiger partial charge in [0.2, 0.25) is 0 Å². The maximum absolute atomic E-state index is 12.5. The molecule has 4 heteroatoms. The zero-order valence-corrected chi connectivity index (χ0v) is 12.9.